The molecule has 1 aromatic heterocycles. The van der Waals surface area contributed by atoms with Crippen molar-refractivity contribution >= 4 is 41.2 Å². The van der Waals surface area contributed by atoms with Crippen LogP contribution in [0.3, 0.4) is 0 Å². The van der Waals surface area contributed by atoms with Gasteiger partial charge in [0.05, 0.1) is 24.3 Å². The lowest BCUT2D eigenvalue weighted by molar-refractivity contribution is 0.499. The van der Waals surface area contributed by atoms with Gasteiger partial charge in [0.2, 0.25) is 0 Å². The number of hydrogen-bond acceptors (Lipinski definition) is 6. The van der Waals surface area contributed by atoms with Crippen molar-refractivity contribution in [3.05, 3.63) is 64.0 Å². The zero-order chi connectivity index (χ0) is 20.5. The Morgan fingerprint density at radius 2 is 2.17 bits per heavy atom. The van der Waals surface area contributed by atoms with E-state index in [0.29, 0.717) is 0 Å². The largest absolute Gasteiger partial charge is 0.460 e. The minimum atomic E-state index is 0.736. The van der Waals surface area contributed by atoms with Crippen LogP contribution in [0.25, 0.3) is 11.3 Å². The molecule has 3 aliphatic rings. The van der Waals surface area contributed by atoms with Gasteiger partial charge in [-0.3, -0.25) is 0 Å². The number of hydrogen-bond donors (Lipinski definition) is 1. The smallest absolute Gasteiger partial charge is 0.144 e. The van der Waals surface area contributed by atoms with Gasteiger partial charge in [0.1, 0.15) is 17.4 Å². The average molecular weight is 439 g/mol. The number of halogens is 1. The van der Waals surface area contributed by atoms with Crippen molar-refractivity contribution in [1.82, 2.24) is 10.2 Å². The number of nitrogens with zero attached hydrogens (tertiary/aromatic N) is 3. The average Bonchev–Trinajstić information content (AvgIpc) is 3.24. The van der Waals surface area contributed by atoms with Gasteiger partial charge in [0.15, 0.2) is 0 Å². The zero-order valence-electron chi connectivity index (χ0n) is 16.8. The molecule has 0 spiro atoms. The topological polar surface area (TPSA) is 53.1 Å². The van der Waals surface area contributed by atoms with Crippen molar-refractivity contribution in [2.75, 3.05) is 25.1 Å². The molecular weight excluding hydrogens is 416 g/mol. The van der Waals surface area contributed by atoms with Gasteiger partial charge in [-0.15, -0.1) is 0 Å². The standard InChI is InChI=1S/C23H23ClN4OS/c1-30-9-8-25-12-18-5-7-22(29-18)15-3-6-20-19(10-15)23-27-21-11-17(24)4-2-16(21)13-28(23)14-26-20/h3,5-7,10-11,14,25H,2,4,8-9,12-13H2,1H3. The molecule has 0 saturated heterocycles. The highest BCUT2D eigenvalue weighted by Crippen LogP contribution is 2.36. The maximum Gasteiger partial charge on any atom is 0.144 e. The van der Waals surface area contributed by atoms with E-state index < -0.39 is 0 Å². The van der Waals surface area contributed by atoms with Gasteiger partial charge in [-0.2, -0.15) is 11.8 Å². The predicted molar refractivity (Wildman–Crippen MR) is 126 cm³/mol. The molecule has 0 atom stereocenters. The molecule has 0 fully saturated rings. The SMILES string of the molecule is CSCCNCc1ccc(-c2ccc3c(c2)C2=NC4=C(CCC(Cl)=C4)CN2C=N3)o1. The van der Waals surface area contributed by atoms with Crippen molar-refractivity contribution in [3.63, 3.8) is 0 Å². The Morgan fingerprint density at radius 3 is 3.07 bits per heavy atom. The van der Waals surface area contributed by atoms with Crippen LogP contribution in [0.15, 0.2) is 67.1 Å². The molecule has 2 aromatic rings. The first-order chi connectivity index (χ1) is 14.7. The van der Waals surface area contributed by atoms with Crippen molar-refractivity contribution in [2.24, 2.45) is 9.98 Å². The number of aliphatic imine (C=N–C) groups is 2. The summed E-state index contributed by atoms with van der Waals surface area (Å²) in [5, 5.41) is 4.28. The van der Waals surface area contributed by atoms with E-state index in [1.807, 2.05) is 42.4 Å². The summed E-state index contributed by atoms with van der Waals surface area (Å²) in [4.78, 5) is 11.7. The second-order valence-corrected chi connectivity index (χ2v) is 9.03. The molecule has 154 valence electrons. The van der Waals surface area contributed by atoms with Crippen LogP contribution in [-0.2, 0) is 6.54 Å². The van der Waals surface area contributed by atoms with Crippen LogP contribution >= 0.6 is 23.4 Å². The first-order valence-corrected chi connectivity index (χ1v) is 11.9. The van der Waals surface area contributed by atoms with Gasteiger partial charge >= 0.3 is 0 Å². The molecule has 0 saturated carbocycles. The van der Waals surface area contributed by atoms with E-state index in [0.717, 1.165) is 83.1 Å². The number of benzene rings is 1. The minimum Gasteiger partial charge on any atom is -0.460 e. The van der Waals surface area contributed by atoms with Gasteiger partial charge < -0.3 is 14.6 Å². The first kappa shape index (κ1) is 19.7. The molecule has 0 amide bonds. The molecule has 1 aromatic carbocycles. The molecular formula is C23H23ClN4OS. The van der Waals surface area contributed by atoms with E-state index in [1.54, 1.807) is 0 Å². The number of rotatable bonds is 6. The third-order valence-corrected chi connectivity index (χ3v) is 6.39. The first-order valence-electron chi connectivity index (χ1n) is 10.1. The van der Waals surface area contributed by atoms with Crippen LogP contribution in [0, 0.1) is 0 Å². The fourth-order valence-electron chi connectivity index (χ4n) is 3.89. The summed E-state index contributed by atoms with van der Waals surface area (Å²) in [5.74, 6) is 3.82. The summed E-state index contributed by atoms with van der Waals surface area (Å²) >= 11 is 8.11. The molecule has 5 rings (SSSR count). The number of allylic oxidation sites excluding steroid dienone is 2. The van der Waals surface area contributed by atoms with E-state index in [-0.39, 0.29) is 0 Å². The molecule has 0 unspecified atom stereocenters. The lowest BCUT2D eigenvalue weighted by atomic mass is 9.97. The maximum atomic E-state index is 6.27. The number of fused-ring (bicyclic) bond motifs is 3. The summed E-state index contributed by atoms with van der Waals surface area (Å²) in [6, 6.07) is 10.3. The summed E-state index contributed by atoms with van der Waals surface area (Å²) < 4.78 is 6.08. The summed E-state index contributed by atoms with van der Waals surface area (Å²) in [7, 11) is 0. The summed E-state index contributed by atoms with van der Waals surface area (Å²) in [6.45, 7) is 2.52. The van der Waals surface area contributed by atoms with E-state index in [1.165, 1.54) is 5.57 Å². The van der Waals surface area contributed by atoms with Crippen LogP contribution in [-0.4, -0.2) is 42.2 Å². The number of nitrogens with one attached hydrogen (secondary N) is 1. The lowest BCUT2D eigenvalue weighted by Crippen LogP contribution is -2.37. The Balaban J connectivity index is 1.43. The van der Waals surface area contributed by atoms with Crippen molar-refractivity contribution in [1.29, 1.82) is 0 Å². The monoisotopic (exact) mass is 438 g/mol. The van der Waals surface area contributed by atoms with E-state index in [4.69, 9.17) is 21.0 Å². The predicted octanol–water partition coefficient (Wildman–Crippen LogP) is 5.31. The molecule has 0 radical (unpaired) electrons. The Bertz CT molecular complexity index is 1100. The van der Waals surface area contributed by atoms with Gasteiger partial charge in [-0.1, -0.05) is 11.6 Å². The highest BCUT2D eigenvalue weighted by Gasteiger charge is 2.27. The highest BCUT2D eigenvalue weighted by atomic mass is 35.5. The number of amidine groups is 1. The van der Waals surface area contributed by atoms with Gasteiger partial charge in [-0.05, 0) is 61.1 Å². The zero-order valence-corrected chi connectivity index (χ0v) is 18.4. The van der Waals surface area contributed by atoms with Gasteiger partial charge in [0, 0.05) is 35.0 Å². The summed E-state index contributed by atoms with van der Waals surface area (Å²) in [6.07, 6.45) is 7.85. The lowest BCUT2D eigenvalue weighted by Gasteiger charge is -2.32. The Kier molecular flexibility index (Phi) is 5.54. The Labute approximate surface area is 185 Å². The molecule has 30 heavy (non-hydrogen) atoms. The van der Waals surface area contributed by atoms with Crippen molar-refractivity contribution < 1.29 is 4.42 Å². The minimum absolute atomic E-state index is 0.736. The molecule has 7 heteroatoms. The quantitative estimate of drug-likeness (QED) is 0.621. The van der Waals surface area contributed by atoms with Gasteiger partial charge in [0.25, 0.3) is 0 Å². The normalized spacial score (nSPS) is 17.3. The second kappa shape index (κ2) is 8.46. The Morgan fingerprint density at radius 1 is 1.23 bits per heavy atom. The van der Waals surface area contributed by atoms with E-state index in [9.17, 15) is 0 Å². The third kappa shape index (κ3) is 3.87. The van der Waals surface area contributed by atoms with Crippen molar-refractivity contribution in [3.8, 4) is 11.3 Å². The van der Waals surface area contributed by atoms with Crippen LogP contribution < -0.4 is 5.32 Å². The van der Waals surface area contributed by atoms with Crippen LogP contribution in [0.4, 0.5) is 5.69 Å². The van der Waals surface area contributed by atoms with Crippen LogP contribution in [0.5, 0.6) is 0 Å². The molecule has 2 aliphatic heterocycles. The van der Waals surface area contributed by atoms with Crippen LogP contribution in [0.1, 0.15) is 24.2 Å². The molecule has 3 heterocycles. The third-order valence-electron chi connectivity index (χ3n) is 5.48. The van der Waals surface area contributed by atoms with Crippen molar-refractivity contribution in [2.45, 2.75) is 19.4 Å². The molecule has 1 N–H and O–H groups in total. The van der Waals surface area contributed by atoms with E-state index >= 15 is 0 Å². The fourth-order valence-corrected chi connectivity index (χ4v) is 4.43. The highest BCUT2D eigenvalue weighted by molar-refractivity contribution is 7.98. The van der Waals surface area contributed by atoms with Gasteiger partial charge in [-0.25, -0.2) is 9.98 Å². The molecule has 0 bridgehead atoms. The second-order valence-electron chi connectivity index (χ2n) is 7.56. The maximum absolute atomic E-state index is 6.27. The molecule has 1 aliphatic carbocycles. The van der Waals surface area contributed by atoms with E-state index in [2.05, 4.69) is 33.6 Å². The Hall–Kier alpha value is -2.28. The summed E-state index contributed by atoms with van der Waals surface area (Å²) in [5.41, 5.74) is 5.29. The van der Waals surface area contributed by atoms with Crippen LogP contribution in [0.2, 0.25) is 0 Å². The fraction of sp³-hybridized carbons (Fsp3) is 0.304. The molecule has 5 nitrogen and oxygen atoms in total. The number of furan rings is 1. The number of thioether (sulfide) groups is 1.